The Labute approximate surface area is 123 Å². The molecule has 108 valence electrons. The SMILES string of the molecule is O=C(Nc1cccnn1)C1(c2ccccc2)CCNCC1. The highest BCUT2D eigenvalue weighted by atomic mass is 16.2. The number of hydrogen-bond acceptors (Lipinski definition) is 4. The largest absolute Gasteiger partial charge is 0.317 e. The van der Waals surface area contributed by atoms with Crippen LogP contribution in [-0.4, -0.2) is 29.2 Å². The highest BCUT2D eigenvalue weighted by molar-refractivity contribution is 5.98. The third-order valence-corrected chi connectivity index (χ3v) is 4.03. The average molecular weight is 282 g/mol. The molecule has 21 heavy (non-hydrogen) atoms. The summed E-state index contributed by atoms with van der Waals surface area (Å²) in [6, 6.07) is 13.5. The van der Waals surface area contributed by atoms with Crippen LogP contribution in [0.15, 0.2) is 48.7 Å². The molecule has 1 saturated heterocycles. The fourth-order valence-electron chi connectivity index (χ4n) is 2.86. The molecule has 0 spiro atoms. The van der Waals surface area contributed by atoms with E-state index in [-0.39, 0.29) is 5.91 Å². The lowest BCUT2D eigenvalue weighted by Crippen LogP contribution is -2.48. The molecule has 1 aliphatic heterocycles. The molecule has 0 radical (unpaired) electrons. The Hall–Kier alpha value is -2.27. The van der Waals surface area contributed by atoms with Gasteiger partial charge in [-0.25, -0.2) is 0 Å². The van der Waals surface area contributed by atoms with Crippen LogP contribution in [0.1, 0.15) is 18.4 Å². The maximum atomic E-state index is 12.9. The summed E-state index contributed by atoms with van der Waals surface area (Å²) < 4.78 is 0. The Morgan fingerprint density at radius 2 is 1.86 bits per heavy atom. The molecular weight excluding hydrogens is 264 g/mol. The maximum absolute atomic E-state index is 12.9. The Kier molecular flexibility index (Phi) is 3.92. The predicted octanol–water partition coefficient (Wildman–Crippen LogP) is 1.74. The molecule has 2 N–H and O–H groups in total. The first-order chi connectivity index (χ1) is 10.3. The number of benzene rings is 1. The fraction of sp³-hybridized carbons (Fsp3) is 0.312. The van der Waals surface area contributed by atoms with Crippen LogP contribution in [-0.2, 0) is 10.2 Å². The molecule has 0 bridgehead atoms. The first kappa shape index (κ1) is 13.7. The molecule has 2 heterocycles. The first-order valence-corrected chi connectivity index (χ1v) is 7.17. The lowest BCUT2D eigenvalue weighted by atomic mass is 9.72. The highest BCUT2D eigenvalue weighted by Gasteiger charge is 2.41. The van der Waals surface area contributed by atoms with Crippen LogP contribution in [0.2, 0.25) is 0 Å². The van der Waals surface area contributed by atoms with Crippen molar-refractivity contribution in [3.05, 3.63) is 54.2 Å². The van der Waals surface area contributed by atoms with Crippen molar-refractivity contribution in [2.24, 2.45) is 0 Å². The predicted molar refractivity (Wildman–Crippen MR) is 80.9 cm³/mol. The summed E-state index contributed by atoms with van der Waals surface area (Å²) in [6.07, 6.45) is 3.15. The molecule has 0 unspecified atom stereocenters. The molecule has 1 aliphatic rings. The quantitative estimate of drug-likeness (QED) is 0.900. The zero-order valence-corrected chi connectivity index (χ0v) is 11.7. The molecule has 5 nitrogen and oxygen atoms in total. The van der Waals surface area contributed by atoms with E-state index >= 15 is 0 Å². The number of amides is 1. The zero-order chi connectivity index (χ0) is 14.5. The van der Waals surface area contributed by atoms with Gasteiger partial charge >= 0.3 is 0 Å². The van der Waals surface area contributed by atoms with E-state index in [2.05, 4.69) is 20.8 Å². The number of aromatic nitrogens is 2. The van der Waals surface area contributed by atoms with E-state index in [1.54, 1.807) is 18.3 Å². The van der Waals surface area contributed by atoms with Crippen LogP contribution < -0.4 is 10.6 Å². The third kappa shape index (κ3) is 2.78. The molecule has 0 atom stereocenters. The molecule has 3 rings (SSSR count). The molecule has 1 fully saturated rings. The molecule has 0 saturated carbocycles. The van der Waals surface area contributed by atoms with Gasteiger partial charge in [-0.05, 0) is 43.6 Å². The first-order valence-electron chi connectivity index (χ1n) is 7.17. The minimum atomic E-state index is -0.496. The van der Waals surface area contributed by atoms with Crippen LogP contribution in [0, 0.1) is 0 Å². The van der Waals surface area contributed by atoms with Gasteiger partial charge in [0.05, 0.1) is 5.41 Å². The molecule has 5 heteroatoms. The summed E-state index contributed by atoms with van der Waals surface area (Å²) in [5, 5.41) is 14.0. The molecule has 0 aliphatic carbocycles. The number of carbonyl (C=O) groups excluding carboxylic acids is 1. The molecule has 1 amide bonds. The van der Waals surface area contributed by atoms with Crippen molar-refractivity contribution in [1.29, 1.82) is 0 Å². The van der Waals surface area contributed by atoms with Crippen LogP contribution in [0.3, 0.4) is 0 Å². The van der Waals surface area contributed by atoms with Crippen LogP contribution >= 0.6 is 0 Å². The smallest absolute Gasteiger partial charge is 0.236 e. The van der Waals surface area contributed by atoms with Crippen molar-refractivity contribution in [3.63, 3.8) is 0 Å². The van der Waals surface area contributed by atoms with Crippen LogP contribution in [0.25, 0.3) is 0 Å². The number of anilines is 1. The molecule has 1 aromatic heterocycles. The van der Waals surface area contributed by atoms with Gasteiger partial charge in [-0.3, -0.25) is 4.79 Å². The monoisotopic (exact) mass is 282 g/mol. The van der Waals surface area contributed by atoms with Crippen LogP contribution in [0.4, 0.5) is 5.82 Å². The van der Waals surface area contributed by atoms with Gasteiger partial charge in [0.15, 0.2) is 5.82 Å². The highest BCUT2D eigenvalue weighted by Crippen LogP contribution is 2.34. The summed E-state index contributed by atoms with van der Waals surface area (Å²) in [5.41, 5.74) is 0.567. The number of piperidine rings is 1. The molecular formula is C16H18N4O. The van der Waals surface area contributed by atoms with Crippen molar-refractivity contribution in [1.82, 2.24) is 15.5 Å². The number of nitrogens with zero attached hydrogens (tertiary/aromatic N) is 2. The zero-order valence-electron chi connectivity index (χ0n) is 11.7. The average Bonchev–Trinajstić information content (AvgIpc) is 2.57. The third-order valence-electron chi connectivity index (χ3n) is 4.03. The van der Waals surface area contributed by atoms with Crippen molar-refractivity contribution >= 4 is 11.7 Å². The van der Waals surface area contributed by atoms with Gasteiger partial charge in [0.2, 0.25) is 5.91 Å². The lowest BCUT2D eigenvalue weighted by Gasteiger charge is -2.36. The molecule has 2 aromatic rings. The fourth-order valence-corrected chi connectivity index (χ4v) is 2.86. The number of rotatable bonds is 3. The van der Waals surface area contributed by atoms with Gasteiger partial charge in [-0.15, -0.1) is 5.10 Å². The molecule has 1 aromatic carbocycles. The van der Waals surface area contributed by atoms with E-state index in [9.17, 15) is 4.79 Å². The van der Waals surface area contributed by atoms with E-state index in [1.807, 2.05) is 30.3 Å². The standard InChI is InChI=1S/C16H18N4O/c21-15(19-14-7-4-10-18-20-14)16(8-11-17-12-9-16)13-5-2-1-3-6-13/h1-7,10,17H,8-9,11-12H2,(H,19,20,21). The van der Waals surface area contributed by atoms with Gasteiger partial charge in [0, 0.05) is 6.20 Å². The normalized spacial score (nSPS) is 17.1. The van der Waals surface area contributed by atoms with Crippen molar-refractivity contribution in [3.8, 4) is 0 Å². The van der Waals surface area contributed by atoms with Crippen LogP contribution in [0.5, 0.6) is 0 Å². The van der Waals surface area contributed by atoms with Gasteiger partial charge in [-0.1, -0.05) is 30.3 Å². The minimum Gasteiger partial charge on any atom is -0.317 e. The van der Waals surface area contributed by atoms with Gasteiger partial charge in [-0.2, -0.15) is 5.10 Å². The topological polar surface area (TPSA) is 66.9 Å². The summed E-state index contributed by atoms with van der Waals surface area (Å²) >= 11 is 0. The second-order valence-electron chi connectivity index (χ2n) is 5.26. The van der Waals surface area contributed by atoms with E-state index < -0.39 is 5.41 Å². The van der Waals surface area contributed by atoms with E-state index in [1.165, 1.54) is 0 Å². The van der Waals surface area contributed by atoms with Gasteiger partial charge in [0.25, 0.3) is 0 Å². The Morgan fingerprint density at radius 3 is 2.52 bits per heavy atom. The van der Waals surface area contributed by atoms with E-state index in [0.29, 0.717) is 5.82 Å². The van der Waals surface area contributed by atoms with E-state index in [4.69, 9.17) is 0 Å². The van der Waals surface area contributed by atoms with Crippen molar-refractivity contribution in [2.45, 2.75) is 18.3 Å². The Bertz CT molecular complexity index is 594. The second kappa shape index (κ2) is 6.01. The number of hydrogen-bond donors (Lipinski definition) is 2. The summed E-state index contributed by atoms with van der Waals surface area (Å²) in [6.45, 7) is 1.67. The summed E-state index contributed by atoms with van der Waals surface area (Å²) in [5.74, 6) is 0.493. The Balaban J connectivity index is 1.90. The minimum absolute atomic E-state index is 0.00398. The lowest BCUT2D eigenvalue weighted by molar-refractivity contribution is -0.122. The second-order valence-corrected chi connectivity index (χ2v) is 5.26. The Morgan fingerprint density at radius 1 is 1.10 bits per heavy atom. The summed E-state index contributed by atoms with van der Waals surface area (Å²) in [7, 11) is 0. The summed E-state index contributed by atoms with van der Waals surface area (Å²) in [4.78, 5) is 12.9. The number of nitrogens with one attached hydrogen (secondary N) is 2. The van der Waals surface area contributed by atoms with Crippen molar-refractivity contribution in [2.75, 3.05) is 18.4 Å². The van der Waals surface area contributed by atoms with Gasteiger partial charge in [0.1, 0.15) is 0 Å². The number of carbonyl (C=O) groups is 1. The van der Waals surface area contributed by atoms with Gasteiger partial charge < -0.3 is 10.6 Å². The maximum Gasteiger partial charge on any atom is 0.236 e. The van der Waals surface area contributed by atoms with E-state index in [0.717, 1.165) is 31.5 Å². The van der Waals surface area contributed by atoms with Crippen molar-refractivity contribution < 1.29 is 4.79 Å².